The van der Waals surface area contributed by atoms with Gasteiger partial charge in [0.05, 0.1) is 5.69 Å². The molecule has 0 aliphatic carbocycles. The van der Waals surface area contributed by atoms with Crippen molar-refractivity contribution in [1.29, 1.82) is 0 Å². The zero-order chi connectivity index (χ0) is 13.9. The standard InChI is InChI=1S/C14H11N3O3/c18-14(19)11-7-10(16-17-11)8-20-12-5-1-3-9-4-2-6-15-13(9)12/h1-7H,8H2,(H,16,17)(H,18,19). The molecule has 20 heavy (non-hydrogen) atoms. The van der Waals surface area contributed by atoms with Gasteiger partial charge in [-0.2, -0.15) is 5.10 Å². The van der Waals surface area contributed by atoms with E-state index in [1.54, 1.807) is 6.20 Å². The highest BCUT2D eigenvalue weighted by Gasteiger charge is 2.09. The Morgan fingerprint density at radius 3 is 2.95 bits per heavy atom. The minimum absolute atomic E-state index is 0.0281. The molecule has 0 amide bonds. The van der Waals surface area contributed by atoms with E-state index in [0.29, 0.717) is 11.4 Å². The summed E-state index contributed by atoms with van der Waals surface area (Å²) in [6.45, 7) is 0.204. The molecule has 0 spiro atoms. The number of nitrogens with one attached hydrogen (secondary N) is 1. The number of carboxylic acids is 1. The fraction of sp³-hybridized carbons (Fsp3) is 0.0714. The van der Waals surface area contributed by atoms with Crippen LogP contribution in [-0.2, 0) is 6.61 Å². The molecule has 0 fully saturated rings. The number of aromatic carboxylic acids is 1. The SMILES string of the molecule is O=C(O)c1cc(COc2cccc3cccnc23)[nH]n1. The zero-order valence-corrected chi connectivity index (χ0v) is 10.4. The summed E-state index contributed by atoms with van der Waals surface area (Å²) in [4.78, 5) is 15.0. The Balaban J connectivity index is 1.81. The summed E-state index contributed by atoms with van der Waals surface area (Å²) >= 11 is 0. The molecule has 2 aromatic heterocycles. The van der Waals surface area contributed by atoms with Gasteiger partial charge >= 0.3 is 5.97 Å². The fourth-order valence-corrected chi connectivity index (χ4v) is 1.89. The average molecular weight is 269 g/mol. The highest BCUT2D eigenvalue weighted by molar-refractivity contribution is 5.85. The number of nitrogens with zero attached hydrogens (tertiary/aromatic N) is 2. The number of H-pyrrole nitrogens is 1. The van der Waals surface area contributed by atoms with Crippen LogP contribution in [0.3, 0.4) is 0 Å². The van der Waals surface area contributed by atoms with Crippen LogP contribution < -0.4 is 4.74 Å². The van der Waals surface area contributed by atoms with Gasteiger partial charge in [-0.15, -0.1) is 0 Å². The second-order valence-electron chi connectivity index (χ2n) is 4.20. The topological polar surface area (TPSA) is 88.1 Å². The van der Waals surface area contributed by atoms with Crippen molar-refractivity contribution in [3.63, 3.8) is 0 Å². The molecule has 3 rings (SSSR count). The molecule has 6 nitrogen and oxygen atoms in total. The maximum atomic E-state index is 10.7. The van der Waals surface area contributed by atoms with Gasteiger partial charge in [0.2, 0.25) is 0 Å². The van der Waals surface area contributed by atoms with Gasteiger partial charge in [0.15, 0.2) is 5.69 Å². The van der Waals surface area contributed by atoms with Crippen molar-refractivity contribution in [2.45, 2.75) is 6.61 Å². The number of fused-ring (bicyclic) bond motifs is 1. The molecule has 6 heteroatoms. The Hall–Kier alpha value is -2.89. The van der Waals surface area contributed by atoms with Gasteiger partial charge in [0.1, 0.15) is 17.9 Å². The first kappa shape index (κ1) is 12.2. The molecule has 0 radical (unpaired) electrons. The summed E-state index contributed by atoms with van der Waals surface area (Å²) < 4.78 is 5.67. The molecule has 2 N–H and O–H groups in total. The van der Waals surface area contributed by atoms with E-state index < -0.39 is 5.97 Å². The molecule has 0 aliphatic rings. The molecule has 0 saturated heterocycles. The molecule has 0 aliphatic heterocycles. The summed E-state index contributed by atoms with van der Waals surface area (Å²) in [7, 11) is 0. The predicted octanol–water partition coefficient (Wildman–Crippen LogP) is 2.24. The van der Waals surface area contributed by atoms with Crippen molar-refractivity contribution in [3.05, 3.63) is 54.0 Å². The van der Waals surface area contributed by atoms with Gasteiger partial charge in [0, 0.05) is 11.6 Å². The maximum absolute atomic E-state index is 10.7. The highest BCUT2D eigenvalue weighted by Crippen LogP contribution is 2.23. The minimum atomic E-state index is -1.07. The second kappa shape index (κ2) is 5.00. The summed E-state index contributed by atoms with van der Waals surface area (Å²) in [5.74, 6) is -0.422. The van der Waals surface area contributed by atoms with E-state index in [1.165, 1.54) is 6.07 Å². The molecule has 1 aromatic carbocycles. The number of benzene rings is 1. The Morgan fingerprint density at radius 1 is 1.30 bits per heavy atom. The Kier molecular flexibility index (Phi) is 3.04. The summed E-state index contributed by atoms with van der Waals surface area (Å²) in [5, 5.41) is 16.1. The molecule has 0 saturated carbocycles. The number of rotatable bonds is 4. The number of carboxylic acid groups (broad SMARTS) is 1. The number of aromatic amines is 1. The summed E-state index contributed by atoms with van der Waals surface area (Å²) in [6, 6.07) is 10.9. The van der Waals surface area contributed by atoms with Crippen LogP contribution in [0.4, 0.5) is 0 Å². The van der Waals surface area contributed by atoms with Crippen LogP contribution in [0.1, 0.15) is 16.2 Å². The third-order valence-corrected chi connectivity index (χ3v) is 2.83. The van der Waals surface area contributed by atoms with E-state index >= 15 is 0 Å². The van der Waals surface area contributed by atoms with Gasteiger partial charge in [-0.25, -0.2) is 4.79 Å². The number of hydrogen-bond acceptors (Lipinski definition) is 4. The van der Waals surface area contributed by atoms with Gasteiger partial charge in [0.25, 0.3) is 0 Å². The lowest BCUT2D eigenvalue weighted by atomic mass is 10.2. The largest absolute Gasteiger partial charge is 0.485 e. The van der Waals surface area contributed by atoms with Gasteiger partial charge in [-0.05, 0) is 18.2 Å². The first-order valence-corrected chi connectivity index (χ1v) is 5.98. The fourth-order valence-electron chi connectivity index (χ4n) is 1.89. The molecule has 2 heterocycles. The molecular formula is C14H11N3O3. The van der Waals surface area contributed by atoms with E-state index in [4.69, 9.17) is 9.84 Å². The van der Waals surface area contributed by atoms with Crippen LogP contribution in [0.25, 0.3) is 10.9 Å². The average Bonchev–Trinajstić information content (AvgIpc) is 2.94. The number of hydrogen-bond donors (Lipinski definition) is 2. The first-order chi connectivity index (χ1) is 9.74. The van der Waals surface area contributed by atoms with Crippen LogP contribution in [-0.4, -0.2) is 26.3 Å². The first-order valence-electron chi connectivity index (χ1n) is 5.98. The third-order valence-electron chi connectivity index (χ3n) is 2.83. The van der Waals surface area contributed by atoms with E-state index in [9.17, 15) is 4.79 Å². The lowest BCUT2D eigenvalue weighted by molar-refractivity contribution is 0.0690. The Bertz CT molecular complexity index is 762. The lowest BCUT2D eigenvalue weighted by Crippen LogP contribution is -1.97. The molecular weight excluding hydrogens is 258 g/mol. The van der Waals surface area contributed by atoms with Crippen molar-refractivity contribution < 1.29 is 14.6 Å². The van der Waals surface area contributed by atoms with E-state index in [1.807, 2.05) is 30.3 Å². The van der Waals surface area contributed by atoms with Crippen molar-refractivity contribution in [2.24, 2.45) is 0 Å². The zero-order valence-electron chi connectivity index (χ0n) is 10.4. The minimum Gasteiger partial charge on any atom is -0.485 e. The van der Waals surface area contributed by atoms with Crippen molar-refractivity contribution in [2.75, 3.05) is 0 Å². The monoisotopic (exact) mass is 269 g/mol. The smallest absolute Gasteiger partial charge is 0.356 e. The molecule has 100 valence electrons. The van der Waals surface area contributed by atoms with Crippen LogP contribution >= 0.6 is 0 Å². The molecule has 0 bridgehead atoms. The number of aromatic nitrogens is 3. The van der Waals surface area contributed by atoms with Gasteiger partial charge < -0.3 is 9.84 Å². The normalized spacial score (nSPS) is 10.6. The van der Waals surface area contributed by atoms with Crippen LogP contribution in [0.5, 0.6) is 5.75 Å². The van der Waals surface area contributed by atoms with Crippen LogP contribution in [0, 0.1) is 0 Å². The number of pyridine rings is 1. The van der Waals surface area contributed by atoms with E-state index in [0.717, 1.165) is 10.9 Å². The molecule has 0 unspecified atom stereocenters. The van der Waals surface area contributed by atoms with Crippen LogP contribution in [0.15, 0.2) is 42.6 Å². The number of carbonyl (C=O) groups is 1. The number of ether oxygens (including phenoxy) is 1. The van der Waals surface area contributed by atoms with Crippen molar-refractivity contribution in [1.82, 2.24) is 15.2 Å². The van der Waals surface area contributed by atoms with E-state index in [-0.39, 0.29) is 12.3 Å². The maximum Gasteiger partial charge on any atom is 0.356 e. The number of para-hydroxylation sites is 1. The van der Waals surface area contributed by atoms with Gasteiger partial charge in [-0.3, -0.25) is 10.1 Å². The van der Waals surface area contributed by atoms with Crippen molar-refractivity contribution >= 4 is 16.9 Å². The Morgan fingerprint density at radius 2 is 2.15 bits per heavy atom. The van der Waals surface area contributed by atoms with Gasteiger partial charge in [-0.1, -0.05) is 18.2 Å². The third kappa shape index (κ3) is 2.31. The predicted molar refractivity (Wildman–Crippen MR) is 71.6 cm³/mol. The van der Waals surface area contributed by atoms with E-state index in [2.05, 4.69) is 15.2 Å². The van der Waals surface area contributed by atoms with Crippen molar-refractivity contribution in [3.8, 4) is 5.75 Å². The quantitative estimate of drug-likeness (QED) is 0.758. The molecule has 0 atom stereocenters. The molecule has 3 aromatic rings. The summed E-state index contributed by atoms with van der Waals surface area (Å²) in [6.07, 6.45) is 1.70. The summed E-state index contributed by atoms with van der Waals surface area (Å²) in [5.41, 5.74) is 1.34. The lowest BCUT2D eigenvalue weighted by Gasteiger charge is -2.07. The second-order valence-corrected chi connectivity index (χ2v) is 4.20. The Labute approximate surface area is 114 Å². The highest BCUT2D eigenvalue weighted by atomic mass is 16.5. The van der Waals surface area contributed by atoms with Crippen LogP contribution in [0.2, 0.25) is 0 Å².